The van der Waals surface area contributed by atoms with E-state index >= 15 is 0 Å². The molecular weight excluding hydrogens is 285 g/mol. The molecule has 0 radical (unpaired) electrons. The minimum atomic E-state index is -4.65. The molecule has 2 rings (SSSR count). The van der Waals surface area contributed by atoms with Gasteiger partial charge >= 0.3 is 6.18 Å². The van der Waals surface area contributed by atoms with Gasteiger partial charge in [-0.15, -0.1) is 0 Å². The van der Waals surface area contributed by atoms with Crippen molar-refractivity contribution < 1.29 is 17.9 Å². The highest BCUT2D eigenvalue weighted by atomic mass is 19.4. The number of halogens is 3. The van der Waals surface area contributed by atoms with Crippen LogP contribution in [0.1, 0.15) is 25.6 Å². The Morgan fingerprint density at radius 2 is 2.05 bits per heavy atom. The highest BCUT2D eigenvalue weighted by Gasteiger charge is 2.35. The largest absolute Gasteiger partial charge is 0.477 e. The molecule has 0 bridgehead atoms. The number of rotatable bonds is 4. The number of hydrogen-bond acceptors (Lipinski definition) is 5. The third kappa shape index (κ3) is 4.07. The molecule has 0 amide bonds. The van der Waals surface area contributed by atoms with Gasteiger partial charge in [-0.2, -0.15) is 18.2 Å². The first kappa shape index (κ1) is 15.6. The van der Waals surface area contributed by atoms with E-state index in [1.165, 1.54) is 6.07 Å². The van der Waals surface area contributed by atoms with Gasteiger partial charge in [0.1, 0.15) is 5.82 Å². The fourth-order valence-electron chi connectivity index (χ4n) is 2.13. The molecule has 21 heavy (non-hydrogen) atoms. The Hall–Kier alpha value is -1.83. The fourth-order valence-corrected chi connectivity index (χ4v) is 2.13. The van der Waals surface area contributed by atoms with Gasteiger partial charge in [-0.3, -0.25) is 0 Å². The van der Waals surface area contributed by atoms with Crippen LogP contribution < -0.4 is 16.0 Å². The van der Waals surface area contributed by atoms with E-state index in [1.54, 1.807) is 0 Å². The van der Waals surface area contributed by atoms with Crippen molar-refractivity contribution in [2.45, 2.75) is 25.9 Å². The van der Waals surface area contributed by atoms with Crippen molar-refractivity contribution in [3.63, 3.8) is 0 Å². The molecule has 3 N–H and O–H groups in total. The molecule has 1 aromatic heterocycles. The molecule has 1 aromatic rings. The Morgan fingerprint density at radius 3 is 2.67 bits per heavy atom. The lowest BCUT2D eigenvalue weighted by Gasteiger charge is -2.25. The van der Waals surface area contributed by atoms with E-state index in [2.05, 4.69) is 34.5 Å². The molecule has 0 saturated carbocycles. The summed E-state index contributed by atoms with van der Waals surface area (Å²) in [5, 5.41) is 0. The summed E-state index contributed by atoms with van der Waals surface area (Å²) >= 11 is 0. The molecule has 116 valence electrons. The van der Waals surface area contributed by atoms with Crippen LogP contribution in [0.25, 0.3) is 0 Å². The van der Waals surface area contributed by atoms with Crippen molar-refractivity contribution in [3.05, 3.63) is 24.0 Å². The van der Waals surface area contributed by atoms with E-state index in [4.69, 9.17) is 10.6 Å². The first-order valence-corrected chi connectivity index (χ1v) is 6.61. The van der Waals surface area contributed by atoms with Gasteiger partial charge in [-0.1, -0.05) is 19.1 Å². The van der Waals surface area contributed by atoms with Crippen LogP contribution in [-0.4, -0.2) is 16.6 Å². The zero-order valence-electron chi connectivity index (χ0n) is 11.5. The second-order valence-corrected chi connectivity index (χ2v) is 5.05. The van der Waals surface area contributed by atoms with Gasteiger partial charge < -0.3 is 10.2 Å². The van der Waals surface area contributed by atoms with Gasteiger partial charge in [0.15, 0.2) is 0 Å². The van der Waals surface area contributed by atoms with Crippen LogP contribution in [0.15, 0.2) is 18.2 Å². The molecule has 1 heterocycles. The Morgan fingerprint density at radius 1 is 1.33 bits per heavy atom. The van der Waals surface area contributed by atoms with Gasteiger partial charge in [0.25, 0.3) is 0 Å². The molecule has 1 aliphatic rings. The molecule has 2 unspecified atom stereocenters. The van der Waals surface area contributed by atoms with Crippen LogP contribution in [-0.2, 0) is 6.18 Å². The lowest BCUT2D eigenvalue weighted by atomic mass is 9.85. The monoisotopic (exact) mass is 302 g/mol. The normalized spacial score (nSPS) is 22.1. The number of aromatic nitrogens is 2. The van der Waals surface area contributed by atoms with Crippen molar-refractivity contribution in [2.75, 3.05) is 12.0 Å². The lowest BCUT2D eigenvalue weighted by molar-refractivity contribution is -0.145. The number of nitrogens with zero attached hydrogens (tertiary/aromatic N) is 2. The van der Waals surface area contributed by atoms with Crippen LogP contribution in [0.4, 0.5) is 19.0 Å². The molecule has 0 aliphatic heterocycles. The summed E-state index contributed by atoms with van der Waals surface area (Å²) < 4.78 is 43.5. The average molecular weight is 302 g/mol. The van der Waals surface area contributed by atoms with Crippen molar-refractivity contribution in [3.8, 4) is 5.88 Å². The zero-order valence-corrected chi connectivity index (χ0v) is 11.5. The maximum Gasteiger partial charge on any atom is 0.451 e. The quantitative estimate of drug-likeness (QED) is 0.508. The third-order valence-electron chi connectivity index (χ3n) is 3.47. The van der Waals surface area contributed by atoms with E-state index in [0.717, 1.165) is 12.8 Å². The summed E-state index contributed by atoms with van der Waals surface area (Å²) in [5.41, 5.74) is 2.08. The predicted molar refractivity (Wildman–Crippen MR) is 71.4 cm³/mol. The lowest BCUT2D eigenvalue weighted by Crippen LogP contribution is -2.22. The fraction of sp³-hybridized carbons (Fsp3) is 0.538. The summed E-state index contributed by atoms with van der Waals surface area (Å²) in [4.78, 5) is 6.66. The third-order valence-corrected chi connectivity index (χ3v) is 3.47. The molecule has 0 aromatic carbocycles. The minimum absolute atomic E-state index is 0.132. The summed E-state index contributed by atoms with van der Waals surface area (Å²) in [5.74, 6) is 4.26. The maximum atomic E-state index is 12.7. The second kappa shape index (κ2) is 6.30. The van der Waals surface area contributed by atoms with E-state index in [1.807, 2.05) is 0 Å². The smallest absolute Gasteiger partial charge is 0.451 e. The van der Waals surface area contributed by atoms with Crippen molar-refractivity contribution >= 4 is 5.82 Å². The molecule has 1 aliphatic carbocycles. The number of alkyl halides is 3. The van der Waals surface area contributed by atoms with Crippen LogP contribution in [0.3, 0.4) is 0 Å². The van der Waals surface area contributed by atoms with Crippen LogP contribution in [0.2, 0.25) is 0 Å². The van der Waals surface area contributed by atoms with E-state index in [0.29, 0.717) is 12.5 Å². The predicted octanol–water partition coefficient (Wildman–Crippen LogP) is 2.76. The summed E-state index contributed by atoms with van der Waals surface area (Å²) in [6, 6.07) is 1.25. The molecule has 8 heteroatoms. The highest BCUT2D eigenvalue weighted by molar-refractivity contribution is 5.37. The Labute approximate surface area is 120 Å². The number of nitrogen functional groups attached to an aromatic ring is 1. The maximum absolute atomic E-state index is 12.7. The first-order valence-electron chi connectivity index (χ1n) is 6.61. The summed E-state index contributed by atoms with van der Waals surface area (Å²) in [6.07, 6.45) is 1.31. The van der Waals surface area contributed by atoms with Crippen LogP contribution in [0, 0.1) is 11.8 Å². The molecule has 2 atom stereocenters. The van der Waals surface area contributed by atoms with E-state index < -0.39 is 12.0 Å². The van der Waals surface area contributed by atoms with Gasteiger partial charge in [-0.05, 0) is 24.7 Å². The Bertz CT molecular complexity index is 519. The van der Waals surface area contributed by atoms with Crippen molar-refractivity contribution in [1.29, 1.82) is 0 Å². The number of ether oxygens (including phenoxy) is 1. The Kier molecular flexibility index (Phi) is 4.66. The number of allylic oxidation sites excluding steroid dienone is 2. The van der Waals surface area contributed by atoms with Gasteiger partial charge in [0.05, 0.1) is 6.61 Å². The van der Waals surface area contributed by atoms with Gasteiger partial charge in [0.2, 0.25) is 11.7 Å². The van der Waals surface area contributed by atoms with Crippen LogP contribution >= 0.6 is 0 Å². The molecule has 0 spiro atoms. The van der Waals surface area contributed by atoms with Crippen molar-refractivity contribution in [1.82, 2.24) is 9.97 Å². The summed E-state index contributed by atoms with van der Waals surface area (Å²) in [6.45, 7) is 2.40. The van der Waals surface area contributed by atoms with Gasteiger partial charge in [-0.25, -0.2) is 10.8 Å². The molecule has 0 saturated heterocycles. The second-order valence-electron chi connectivity index (χ2n) is 5.05. The zero-order chi connectivity index (χ0) is 15.5. The average Bonchev–Trinajstić information content (AvgIpc) is 2.45. The molecule has 0 fully saturated rings. The number of hydrazine groups is 1. The van der Waals surface area contributed by atoms with Gasteiger partial charge in [0, 0.05) is 6.07 Å². The first-order chi connectivity index (χ1) is 9.90. The Balaban J connectivity index is 2.10. The number of nitrogens with two attached hydrogens (primary N) is 1. The molecular formula is C13H17F3N4O. The summed E-state index contributed by atoms with van der Waals surface area (Å²) in [7, 11) is 0. The van der Waals surface area contributed by atoms with E-state index in [9.17, 15) is 13.2 Å². The minimum Gasteiger partial charge on any atom is -0.477 e. The number of nitrogens with one attached hydrogen (secondary N) is 1. The number of hydrogen-bond donors (Lipinski definition) is 2. The topological polar surface area (TPSA) is 73.1 Å². The molecule has 5 nitrogen and oxygen atoms in total. The number of anilines is 1. The van der Waals surface area contributed by atoms with Crippen LogP contribution in [0.5, 0.6) is 5.88 Å². The highest BCUT2D eigenvalue weighted by Crippen LogP contribution is 2.30. The standard InChI is InChI=1S/C13H17F3N4O/c1-8-4-2-3-5-9(8)7-21-11-6-10(20-17)18-12(19-11)13(14,15)16/h2-3,6,8-9H,4-5,7,17H2,1H3,(H,18,19,20). The van der Waals surface area contributed by atoms with Crippen molar-refractivity contribution in [2.24, 2.45) is 17.7 Å². The van der Waals surface area contributed by atoms with E-state index in [-0.39, 0.29) is 17.6 Å². The SMILES string of the molecule is CC1CC=CCC1COc1cc(NN)nc(C(F)(F)F)n1.